The summed E-state index contributed by atoms with van der Waals surface area (Å²) in [6.45, 7) is 0. The fraction of sp³-hybridized carbons (Fsp3) is 0.500. The van der Waals surface area contributed by atoms with Crippen molar-refractivity contribution in [3.8, 4) is 0 Å². The van der Waals surface area contributed by atoms with Gasteiger partial charge in [0.05, 0.1) is 6.04 Å². The fourth-order valence-corrected chi connectivity index (χ4v) is 2.72. The summed E-state index contributed by atoms with van der Waals surface area (Å²) >= 11 is 1.73. The molecular formula is C14H22N4S. The van der Waals surface area contributed by atoms with Crippen LogP contribution in [0.2, 0.25) is 0 Å². The smallest absolute Gasteiger partial charge is 0.210 e. The molecule has 1 aromatic rings. The lowest BCUT2D eigenvalue weighted by molar-refractivity contribution is 0.442. The van der Waals surface area contributed by atoms with Gasteiger partial charge in [0.1, 0.15) is 0 Å². The van der Waals surface area contributed by atoms with Crippen molar-refractivity contribution in [1.82, 2.24) is 5.43 Å². The summed E-state index contributed by atoms with van der Waals surface area (Å²) in [5.74, 6) is 6.20. The van der Waals surface area contributed by atoms with Crippen LogP contribution in [-0.2, 0) is 0 Å². The molecule has 5 heteroatoms. The third-order valence-corrected chi connectivity index (χ3v) is 4.12. The lowest BCUT2D eigenvalue weighted by atomic mass is 9.96. The maximum atomic E-state index is 5.55. The molecule has 0 saturated heterocycles. The Hall–Kier alpha value is -1.20. The molecule has 0 atom stereocenters. The average Bonchev–Trinajstić information content (AvgIpc) is 2.48. The average molecular weight is 278 g/mol. The quantitative estimate of drug-likeness (QED) is 0.261. The van der Waals surface area contributed by atoms with E-state index in [-0.39, 0.29) is 0 Å². The van der Waals surface area contributed by atoms with Gasteiger partial charge in [-0.1, -0.05) is 19.3 Å². The summed E-state index contributed by atoms with van der Waals surface area (Å²) in [7, 11) is 0. The summed E-state index contributed by atoms with van der Waals surface area (Å²) in [5.41, 5.74) is 3.67. The number of hydrazine groups is 1. The van der Waals surface area contributed by atoms with Gasteiger partial charge in [-0.3, -0.25) is 5.43 Å². The summed E-state index contributed by atoms with van der Waals surface area (Å²) in [6.07, 6.45) is 8.28. The third kappa shape index (κ3) is 4.44. The highest BCUT2D eigenvalue weighted by Gasteiger charge is 2.13. The molecule has 4 N–H and O–H groups in total. The molecule has 0 radical (unpaired) electrons. The first-order valence-corrected chi connectivity index (χ1v) is 8.00. The predicted octanol–water partition coefficient (Wildman–Crippen LogP) is 2.97. The zero-order chi connectivity index (χ0) is 13.5. The van der Waals surface area contributed by atoms with E-state index in [0.29, 0.717) is 12.0 Å². The van der Waals surface area contributed by atoms with Crippen molar-refractivity contribution in [3.05, 3.63) is 24.3 Å². The van der Waals surface area contributed by atoms with Crippen molar-refractivity contribution in [2.24, 2.45) is 10.8 Å². The number of nitrogens with one attached hydrogen (secondary N) is 2. The first-order valence-electron chi connectivity index (χ1n) is 6.77. The molecule has 2 rings (SSSR count). The van der Waals surface area contributed by atoms with E-state index in [0.717, 1.165) is 18.5 Å². The highest BCUT2D eigenvalue weighted by atomic mass is 32.2. The molecule has 0 amide bonds. The molecule has 1 saturated carbocycles. The Balaban J connectivity index is 1.98. The van der Waals surface area contributed by atoms with Crippen LogP contribution in [0.1, 0.15) is 32.1 Å². The van der Waals surface area contributed by atoms with E-state index >= 15 is 0 Å². The summed E-state index contributed by atoms with van der Waals surface area (Å²) in [6, 6.07) is 8.65. The van der Waals surface area contributed by atoms with Crippen LogP contribution in [0.15, 0.2) is 34.2 Å². The number of anilines is 1. The van der Waals surface area contributed by atoms with E-state index in [1.54, 1.807) is 11.8 Å². The van der Waals surface area contributed by atoms with Gasteiger partial charge in [-0.15, -0.1) is 11.8 Å². The zero-order valence-electron chi connectivity index (χ0n) is 11.4. The molecule has 1 fully saturated rings. The van der Waals surface area contributed by atoms with Gasteiger partial charge in [0.15, 0.2) is 0 Å². The van der Waals surface area contributed by atoms with Crippen molar-refractivity contribution in [2.45, 2.75) is 43.0 Å². The minimum absolute atomic E-state index is 0.401. The van der Waals surface area contributed by atoms with Crippen molar-refractivity contribution >= 4 is 23.4 Å². The maximum absolute atomic E-state index is 5.55. The van der Waals surface area contributed by atoms with Crippen LogP contribution in [0, 0.1) is 0 Å². The number of aliphatic imine (C=N–C) groups is 1. The van der Waals surface area contributed by atoms with Gasteiger partial charge >= 0.3 is 0 Å². The zero-order valence-corrected chi connectivity index (χ0v) is 12.2. The molecule has 1 aromatic carbocycles. The van der Waals surface area contributed by atoms with Crippen LogP contribution in [0.4, 0.5) is 5.69 Å². The minimum atomic E-state index is 0.401. The lowest BCUT2D eigenvalue weighted by Gasteiger charge is -2.19. The van der Waals surface area contributed by atoms with Gasteiger partial charge < -0.3 is 5.32 Å². The van der Waals surface area contributed by atoms with Gasteiger partial charge in [-0.05, 0) is 43.4 Å². The van der Waals surface area contributed by atoms with E-state index in [4.69, 9.17) is 5.84 Å². The summed E-state index contributed by atoms with van der Waals surface area (Å²) in [4.78, 5) is 5.90. The number of benzene rings is 1. The number of nitrogens with zero attached hydrogens (tertiary/aromatic N) is 1. The molecule has 104 valence electrons. The predicted molar refractivity (Wildman–Crippen MR) is 83.5 cm³/mol. The Morgan fingerprint density at radius 2 is 1.89 bits per heavy atom. The Bertz CT molecular complexity index is 410. The normalized spacial score (nSPS) is 17.3. The summed E-state index contributed by atoms with van der Waals surface area (Å²) < 4.78 is 0. The Morgan fingerprint density at radius 3 is 2.47 bits per heavy atom. The van der Waals surface area contributed by atoms with Crippen molar-refractivity contribution in [1.29, 1.82) is 0 Å². The van der Waals surface area contributed by atoms with Crippen LogP contribution >= 0.6 is 11.8 Å². The van der Waals surface area contributed by atoms with Gasteiger partial charge in [0.2, 0.25) is 5.96 Å². The number of rotatable bonds is 3. The van der Waals surface area contributed by atoms with E-state index in [1.165, 1.54) is 24.2 Å². The second-order valence-corrected chi connectivity index (χ2v) is 5.65. The van der Waals surface area contributed by atoms with Crippen molar-refractivity contribution in [3.63, 3.8) is 0 Å². The molecule has 4 nitrogen and oxygen atoms in total. The topological polar surface area (TPSA) is 62.4 Å². The molecule has 0 heterocycles. The standard InChI is InChI=1S/C14H22N4S/c1-19-13-9-7-12(8-10-13)17-14(18-15)16-11-5-3-2-4-6-11/h7-11H,2-6,15H2,1H3,(H2,16,17,18). The minimum Gasteiger partial charge on any atom is -0.325 e. The Morgan fingerprint density at radius 1 is 1.21 bits per heavy atom. The van der Waals surface area contributed by atoms with Gasteiger partial charge in [0, 0.05) is 10.6 Å². The van der Waals surface area contributed by atoms with Crippen LogP contribution in [0.25, 0.3) is 0 Å². The van der Waals surface area contributed by atoms with Crippen LogP contribution in [0.5, 0.6) is 0 Å². The molecule has 1 aliphatic rings. The molecular weight excluding hydrogens is 256 g/mol. The van der Waals surface area contributed by atoms with E-state index < -0.39 is 0 Å². The Labute approximate surface area is 119 Å². The number of thioether (sulfide) groups is 1. The number of hydrogen-bond donors (Lipinski definition) is 3. The lowest BCUT2D eigenvalue weighted by Crippen LogP contribution is -2.37. The molecule has 19 heavy (non-hydrogen) atoms. The molecule has 0 aromatic heterocycles. The SMILES string of the molecule is CSc1ccc(NC(=NC2CCCCC2)NN)cc1. The second-order valence-electron chi connectivity index (χ2n) is 4.77. The molecule has 1 aliphatic carbocycles. The van der Waals surface area contributed by atoms with Gasteiger partial charge in [-0.25, -0.2) is 10.8 Å². The molecule has 0 spiro atoms. The first-order chi connectivity index (χ1) is 9.31. The maximum Gasteiger partial charge on any atom is 0.210 e. The van der Waals surface area contributed by atoms with Crippen LogP contribution in [-0.4, -0.2) is 18.3 Å². The number of nitrogens with two attached hydrogens (primary N) is 1. The molecule has 0 aliphatic heterocycles. The van der Waals surface area contributed by atoms with Crippen LogP contribution < -0.4 is 16.6 Å². The molecule has 0 bridgehead atoms. The van der Waals surface area contributed by atoms with Crippen molar-refractivity contribution < 1.29 is 0 Å². The second kappa shape index (κ2) is 7.40. The third-order valence-electron chi connectivity index (χ3n) is 3.38. The highest BCUT2D eigenvalue weighted by Crippen LogP contribution is 2.21. The number of guanidine groups is 1. The first kappa shape index (κ1) is 14.2. The fourth-order valence-electron chi connectivity index (χ4n) is 2.31. The monoisotopic (exact) mass is 278 g/mol. The Kier molecular flexibility index (Phi) is 5.54. The van der Waals surface area contributed by atoms with Crippen molar-refractivity contribution in [2.75, 3.05) is 11.6 Å². The van der Waals surface area contributed by atoms with Gasteiger partial charge in [0.25, 0.3) is 0 Å². The van der Waals surface area contributed by atoms with Crippen LogP contribution in [0.3, 0.4) is 0 Å². The highest BCUT2D eigenvalue weighted by molar-refractivity contribution is 7.98. The largest absolute Gasteiger partial charge is 0.325 e. The molecule has 0 unspecified atom stereocenters. The van der Waals surface area contributed by atoms with E-state index in [1.807, 2.05) is 12.1 Å². The summed E-state index contributed by atoms with van der Waals surface area (Å²) in [5, 5.41) is 3.23. The van der Waals surface area contributed by atoms with E-state index in [9.17, 15) is 0 Å². The van der Waals surface area contributed by atoms with Gasteiger partial charge in [-0.2, -0.15) is 0 Å². The van der Waals surface area contributed by atoms with E-state index in [2.05, 4.69) is 34.1 Å². The number of hydrogen-bond acceptors (Lipinski definition) is 3.